The maximum Gasteiger partial charge on any atom is 0.243 e. The molecule has 0 atom stereocenters. The molecule has 0 aliphatic heterocycles. The van der Waals surface area contributed by atoms with Crippen LogP contribution in [0.5, 0.6) is 5.75 Å². The summed E-state index contributed by atoms with van der Waals surface area (Å²) in [6.07, 6.45) is 0. The van der Waals surface area contributed by atoms with Crippen LogP contribution < -0.4 is 10.1 Å². The van der Waals surface area contributed by atoms with Crippen LogP contribution in [0.2, 0.25) is 10.0 Å². The highest BCUT2D eigenvalue weighted by atomic mass is 35.5. The minimum atomic E-state index is -3.99. The van der Waals surface area contributed by atoms with E-state index >= 15 is 0 Å². The Kier molecular flexibility index (Phi) is 7.79. The molecule has 0 saturated heterocycles. The molecule has 0 spiro atoms. The van der Waals surface area contributed by atoms with E-state index in [-0.39, 0.29) is 16.5 Å². The fourth-order valence-corrected chi connectivity index (χ4v) is 5.04. The standard InChI is InChI=1S/C23H22Cl2N2O4S/c1-16-12-19(9-11-22(16)31-2)32(29,30)27(14-17-6-4-3-5-7-17)15-23(28)26-21-10-8-18(24)13-20(21)25/h3-13H,14-15H2,1-2H3,(H,26,28). The SMILES string of the molecule is COc1ccc(S(=O)(=O)N(CC(=O)Nc2ccc(Cl)cc2Cl)Cc2ccccc2)cc1C. The lowest BCUT2D eigenvalue weighted by atomic mass is 10.2. The van der Waals surface area contributed by atoms with Crippen LogP contribution in [0.1, 0.15) is 11.1 Å². The summed E-state index contributed by atoms with van der Waals surface area (Å²) in [6.45, 7) is 1.38. The largest absolute Gasteiger partial charge is 0.496 e. The normalized spacial score (nSPS) is 11.4. The second kappa shape index (κ2) is 10.4. The van der Waals surface area contributed by atoms with E-state index in [1.54, 1.807) is 37.3 Å². The fourth-order valence-electron chi connectivity index (χ4n) is 3.11. The maximum atomic E-state index is 13.4. The Morgan fingerprint density at radius 3 is 2.38 bits per heavy atom. The average molecular weight is 493 g/mol. The number of nitrogens with one attached hydrogen (secondary N) is 1. The number of aryl methyl sites for hydroxylation is 1. The zero-order valence-electron chi connectivity index (χ0n) is 17.5. The lowest BCUT2D eigenvalue weighted by Crippen LogP contribution is -2.37. The van der Waals surface area contributed by atoms with Crippen molar-refractivity contribution in [2.75, 3.05) is 19.0 Å². The van der Waals surface area contributed by atoms with Crippen LogP contribution in [0.4, 0.5) is 5.69 Å². The Bertz CT molecular complexity index is 1220. The van der Waals surface area contributed by atoms with Crippen LogP contribution >= 0.6 is 23.2 Å². The number of nitrogens with zero attached hydrogens (tertiary/aromatic N) is 1. The first kappa shape index (κ1) is 24.1. The van der Waals surface area contributed by atoms with Crippen LogP contribution in [0.3, 0.4) is 0 Å². The summed E-state index contributed by atoms with van der Waals surface area (Å²) in [5, 5.41) is 3.34. The van der Waals surface area contributed by atoms with Crippen molar-refractivity contribution in [3.63, 3.8) is 0 Å². The summed E-state index contributed by atoms with van der Waals surface area (Å²) in [4.78, 5) is 12.8. The third kappa shape index (κ3) is 5.81. The molecule has 9 heteroatoms. The minimum Gasteiger partial charge on any atom is -0.496 e. The molecule has 32 heavy (non-hydrogen) atoms. The number of carbonyl (C=O) groups excluding carboxylic acids is 1. The number of amides is 1. The first-order valence-corrected chi connectivity index (χ1v) is 11.8. The molecule has 3 aromatic rings. The smallest absolute Gasteiger partial charge is 0.243 e. The number of halogens is 2. The van der Waals surface area contributed by atoms with Gasteiger partial charge in [-0.2, -0.15) is 4.31 Å². The molecular formula is C23H22Cl2N2O4S. The van der Waals surface area contributed by atoms with Crippen molar-refractivity contribution in [1.82, 2.24) is 4.31 Å². The van der Waals surface area contributed by atoms with Gasteiger partial charge < -0.3 is 10.1 Å². The van der Waals surface area contributed by atoms with E-state index in [2.05, 4.69) is 5.32 Å². The molecule has 0 fully saturated rings. The van der Waals surface area contributed by atoms with Crippen molar-refractivity contribution < 1.29 is 17.9 Å². The number of hydrogen-bond acceptors (Lipinski definition) is 4. The van der Waals surface area contributed by atoms with Gasteiger partial charge in [-0.25, -0.2) is 8.42 Å². The summed E-state index contributed by atoms with van der Waals surface area (Å²) in [5.41, 5.74) is 1.77. The molecule has 6 nitrogen and oxygen atoms in total. The van der Waals surface area contributed by atoms with Gasteiger partial charge in [-0.3, -0.25) is 4.79 Å². The van der Waals surface area contributed by atoms with Crippen LogP contribution in [0.15, 0.2) is 71.6 Å². The summed E-state index contributed by atoms with van der Waals surface area (Å²) >= 11 is 12.0. The number of ether oxygens (including phenoxy) is 1. The summed E-state index contributed by atoms with van der Waals surface area (Å²) in [6, 6.07) is 18.3. The molecule has 0 aliphatic carbocycles. The van der Waals surface area contributed by atoms with Gasteiger partial charge in [0.05, 0.1) is 29.3 Å². The quantitative estimate of drug-likeness (QED) is 0.472. The molecule has 0 heterocycles. The van der Waals surface area contributed by atoms with Crippen molar-refractivity contribution in [2.45, 2.75) is 18.4 Å². The van der Waals surface area contributed by atoms with E-state index in [9.17, 15) is 13.2 Å². The third-order valence-corrected chi connectivity index (χ3v) is 7.07. The zero-order chi connectivity index (χ0) is 23.3. The van der Waals surface area contributed by atoms with Gasteiger partial charge in [0.25, 0.3) is 0 Å². The lowest BCUT2D eigenvalue weighted by Gasteiger charge is -2.22. The number of benzene rings is 3. The first-order chi connectivity index (χ1) is 15.2. The molecular weight excluding hydrogens is 471 g/mol. The van der Waals surface area contributed by atoms with Crippen LogP contribution in [-0.4, -0.2) is 32.3 Å². The zero-order valence-corrected chi connectivity index (χ0v) is 19.8. The predicted molar refractivity (Wildman–Crippen MR) is 127 cm³/mol. The van der Waals surface area contributed by atoms with Gasteiger partial charge in [-0.05, 0) is 54.4 Å². The topological polar surface area (TPSA) is 75.7 Å². The van der Waals surface area contributed by atoms with E-state index in [1.165, 1.54) is 25.3 Å². The Labute approximate surface area is 197 Å². The second-order valence-electron chi connectivity index (χ2n) is 7.06. The molecule has 0 bridgehead atoms. The first-order valence-electron chi connectivity index (χ1n) is 9.64. The van der Waals surface area contributed by atoms with Gasteiger partial charge >= 0.3 is 0 Å². The lowest BCUT2D eigenvalue weighted by molar-refractivity contribution is -0.116. The third-order valence-electron chi connectivity index (χ3n) is 4.73. The second-order valence-corrected chi connectivity index (χ2v) is 9.84. The van der Waals surface area contributed by atoms with Gasteiger partial charge in [0.2, 0.25) is 15.9 Å². The van der Waals surface area contributed by atoms with E-state index < -0.39 is 22.5 Å². The summed E-state index contributed by atoms with van der Waals surface area (Å²) in [7, 11) is -2.47. The van der Waals surface area contributed by atoms with E-state index in [1.807, 2.05) is 18.2 Å². The highest BCUT2D eigenvalue weighted by Crippen LogP contribution is 2.27. The van der Waals surface area contributed by atoms with Gasteiger partial charge in [-0.15, -0.1) is 0 Å². The highest BCUT2D eigenvalue weighted by Gasteiger charge is 2.27. The van der Waals surface area contributed by atoms with Gasteiger partial charge in [0.15, 0.2) is 0 Å². The molecule has 3 rings (SSSR count). The number of hydrogen-bond donors (Lipinski definition) is 1. The molecule has 1 amide bonds. The van der Waals surface area contributed by atoms with Gasteiger partial charge in [0.1, 0.15) is 5.75 Å². The molecule has 0 unspecified atom stereocenters. The van der Waals surface area contributed by atoms with Crippen LogP contribution in [-0.2, 0) is 21.4 Å². The molecule has 0 aliphatic rings. The Balaban J connectivity index is 1.90. The maximum absolute atomic E-state index is 13.4. The number of methoxy groups -OCH3 is 1. The number of carbonyl (C=O) groups is 1. The molecule has 0 radical (unpaired) electrons. The highest BCUT2D eigenvalue weighted by molar-refractivity contribution is 7.89. The van der Waals surface area contributed by atoms with Crippen molar-refractivity contribution in [3.05, 3.63) is 87.9 Å². The van der Waals surface area contributed by atoms with E-state index in [4.69, 9.17) is 27.9 Å². The monoisotopic (exact) mass is 492 g/mol. The molecule has 3 aromatic carbocycles. The van der Waals surface area contributed by atoms with E-state index in [0.29, 0.717) is 22.0 Å². The minimum absolute atomic E-state index is 0.0238. The molecule has 1 N–H and O–H groups in total. The van der Waals surface area contributed by atoms with Crippen LogP contribution in [0.25, 0.3) is 0 Å². The Morgan fingerprint density at radius 2 is 1.75 bits per heavy atom. The Hall–Kier alpha value is -2.58. The van der Waals surface area contributed by atoms with Crippen LogP contribution in [0, 0.1) is 6.92 Å². The predicted octanol–water partition coefficient (Wildman–Crippen LogP) is 5.14. The summed E-state index contributed by atoms with van der Waals surface area (Å²) < 4.78 is 33.3. The van der Waals surface area contributed by atoms with Crippen molar-refractivity contribution in [2.24, 2.45) is 0 Å². The Morgan fingerprint density at radius 1 is 1.03 bits per heavy atom. The molecule has 168 valence electrons. The van der Waals surface area contributed by atoms with Crippen molar-refractivity contribution in [3.8, 4) is 5.75 Å². The van der Waals surface area contributed by atoms with E-state index in [0.717, 1.165) is 9.87 Å². The fraction of sp³-hybridized carbons (Fsp3) is 0.174. The molecule has 0 aromatic heterocycles. The van der Waals surface area contributed by atoms with Gasteiger partial charge in [0, 0.05) is 11.6 Å². The number of rotatable bonds is 8. The number of sulfonamides is 1. The average Bonchev–Trinajstić information content (AvgIpc) is 2.76. The number of anilines is 1. The molecule has 0 saturated carbocycles. The van der Waals surface area contributed by atoms with Crippen molar-refractivity contribution in [1.29, 1.82) is 0 Å². The summed E-state index contributed by atoms with van der Waals surface area (Å²) in [5.74, 6) is 0.0487. The van der Waals surface area contributed by atoms with Gasteiger partial charge in [-0.1, -0.05) is 53.5 Å². The van der Waals surface area contributed by atoms with Crippen molar-refractivity contribution >= 4 is 44.8 Å².